The number of nitrogens with zero attached hydrogens (tertiary/aromatic N) is 1. The van der Waals surface area contributed by atoms with Gasteiger partial charge in [0, 0.05) is 18.7 Å². The Morgan fingerprint density at radius 3 is 2.52 bits per heavy atom. The Morgan fingerprint density at radius 1 is 1.10 bits per heavy atom. The number of hydrogen-bond donors (Lipinski definition) is 1. The Labute approximate surface area is 175 Å². The lowest BCUT2D eigenvalue weighted by Crippen LogP contribution is -2.33. The first-order valence-electron chi connectivity index (χ1n) is 10.9. The van der Waals surface area contributed by atoms with Gasteiger partial charge in [-0.1, -0.05) is 44.5 Å². The first kappa shape index (κ1) is 21.4. The second-order valence-electron chi connectivity index (χ2n) is 8.18. The van der Waals surface area contributed by atoms with E-state index in [0.717, 1.165) is 31.1 Å². The lowest BCUT2D eigenvalue weighted by molar-refractivity contribution is 0.0947. The van der Waals surface area contributed by atoms with Crippen LogP contribution in [-0.4, -0.2) is 37.0 Å². The third kappa shape index (κ3) is 6.90. The van der Waals surface area contributed by atoms with Crippen molar-refractivity contribution < 1.29 is 9.53 Å². The molecule has 0 spiro atoms. The van der Waals surface area contributed by atoms with Gasteiger partial charge in [-0.05, 0) is 67.1 Å². The molecule has 3 rings (SSSR count). The van der Waals surface area contributed by atoms with Crippen molar-refractivity contribution in [3.8, 4) is 5.75 Å². The summed E-state index contributed by atoms with van der Waals surface area (Å²) in [7, 11) is 0. The predicted octanol–water partition coefficient (Wildman–Crippen LogP) is 4.68. The highest BCUT2D eigenvalue weighted by molar-refractivity contribution is 5.94. The first-order chi connectivity index (χ1) is 14.1. The van der Waals surface area contributed by atoms with E-state index in [1.54, 1.807) is 0 Å². The van der Waals surface area contributed by atoms with Crippen LogP contribution in [0.4, 0.5) is 0 Å². The molecule has 1 fully saturated rings. The van der Waals surface area contributed by atoms with E-state index < -0.39 is 0 Å². The molecule has 1 amide bonds. The zero-order valence-electron chi connectivity index (χ0n) is 17.8. The number of nitrogens with one attached hydrogen (secondary N) is 1. The third-order valence-electron chi connectivity index (χ3n) is 5.48. The van der Waals surface area contributed by atoms with Gasteiger partial charge in [-0.15, -0.1) is 0 Å². The van der Waals surface area contributed by atoms with Crippen molar-refractivity contribution >= 4 is 5.91 Å². The summed E-state index contributed by atoms with van der Waals surface area (Å²) in [4.78, 5) is 14.8. The zero-order valence-corrected chi connectivity index (χ0v) is 17.8. The average molecular weight is 395 g/mol. The molecule has 1 aliphatic heterocycles. The summed E-state index contributed by atoms with van der Waals surface area (Å²) in [6.45, 7) is 8.77. The summed E-state index contributed by atoms with van der Waals surface area (Å²) in [5.41, 5.74) is 3.29. The zero-order chi connectivity index (χ0) is 20.5. The fourth-order valence-corrected chi connectivity index (χ4v) is 3.93. The fourth-order valence-electron chi connectivity index (χ4n) is 3.93. The van der Waals surface area contributed by atoms with E-state index in [1.807, 2.05) is 24.3 Å². The SMILES string of the molecule is CCCc1ccc(OCCNC(=O)c2ccc(CN3CCC[C@@H](C)C3)cc2)cc1. The van der Waals surface area contributed by atoms with Gasteiger partial charge in [-0.2, -0.15) is 0 Å². The van der Waals surface area contributed by atoms with Gasteiger partial charge in [-0.25, -0.2) is 0 Å². The highest BCUT2D eigenvalue weighted by Gasteiger charge is 2.16. The molecule has 29 heavy (non-hydrogen) atoms. The van der Waals surface area contributed by atoms with Gasteiger partial charge in [0.1, 0.15) is 12.4 Å². The lowest BCUT2D eigenvalue weighted by atomic mass is 9.99. The molecule has 2 aromatic rings. The predicted molar refractivity (Wildman–Crippen MR) is 118 cm³/mol. The minimum absolute atomic E-state index is 0.0509. The average Bonchev–Trinajstić information content (AvgIpc) is 2.73. The van der Waals surface area contributed by atoms with Crippen molar-refractivity contribution in [3.63, 3.8) is 0 Å². The number of benzene rings is 2. The highest BCUT2D eigenvalue weighted by Crippen LogP contribution is 2.18. The smallest absolute Gasteiger partial charge is 0.251 e. The van der Waals surface area contributed by atoms with E-state index in [4.69, 9.17) is 4.74 Å². The van der Waals surface area contributed by atoms with Crippen molar-refractivity contribution in [3.05, 3.63) is 65.2 Å². The monoisotopic (exact) mass is 394 g/mol. The summed E-state index contributed by atoms with van der Waals surface area (Å²) in [6, 6.07) is 16.2. The van der Waals surface area contributed by atoms with Crippen molar-refractivity contribution in [2.45, 2.75) is 46.1 Å². The van der Waals surface area contributed by atoms with Crippen molar-refractivity contribution in [1.82, 2.24) is 10.2 Å². The van der Waals surface area contributed by atoms with Crippen molar-refractivity contribution in [2.24, 2.45) is 5.92 Å². The number of ether oxygens (including phenoxy) is 1. The van der Waals surface area contributed by atoms with E-state index in [-0.39, 0.29) is 5.91 Å². The van der Waals surface area contributed by atoms with Crippen LogP contribution in [0.15, 0.2) is 48.5 Å². The van der Waals surface area contributed by atoms with E-state index >= 15 is 0 Å². The summed E-state index contributed by atoms with van der Waals surface area (Å²) >= 11 is 0. The molecule has 0 bridgehead atoms. The molecule has 0 saturated carbocycles. The standard InChI is InChI=1S/C25H34N2O2/c1-3-5-21-9-13-24(14-10-21)29-17-15-26-25(28)23-11-7-22(8-12-23)19-27-16-4-6-20(2)18-27/h7-14,20H,3-6,15-19H2,1-2H3,(H,26,28)/t20-/m1/s1. The summed E-state index contributed by atoms with van der Waals surface area (Å²) in [6.07, 6.45) is 4.85. The second kappa shape index (κ2) is 11.0. The molecule has 1 N–H and O–H groups in total. The molecule has 156 valence electrons. The number of aryl methyl sites for hydroxylation is 1. The molecule has 1 aliphatic rings. The number of carbonyl (C=O) groups is 1. The molecule has 0 unspecified atom stereocenters. The number of amides is 1. The minimum atomic E-state index is -0.0509. The molecule has 0 aromatic heterocycles. The minimum Gasteiger partial charge on any atom is -0.492 e. The Morgan fingerprint density at radius 2 is 1.83 bits per heavy atom. The maximum Gasteiger partial charge on any atom is 0.251 e. The number of carbonyl (C=O) groups excluding carboxylic acids is 1. The van der Waals surface area contributed by atoms with Gasteiger partial charge in [-0.3, -0.25) is 9.69 Å². The van der Waals surface area contributed by atoms with Crippen molar-refractivity contribution in [1.29, 1.82) is 0 Å². The van der Waals surface area contributed by atoms with Crippen LogP contribution in [0.3, 0.4) is 0 Å². The lowest BCUT2D eigenvalue weighted by Gasteiger charge is -2.30. The van der Waals surface area contributed by atoms with E-state index in [9.17, 15) is 4.79 Å². The normalized spacial score (nSPS) is 17.1. The molecule has 0 aliphatic carbocycles. The maximum atomic E-state index is 12.3. The molecule has 1 heterocycles. The molecular formula is C25H34N2O2. The molecule has 1 saturated heterocycles. The Kier molecular flexibility index (Phi) is 8.12. The van der Waals surface area contributed by atoms with Crippen molar-refractivity contribution in [2.75, 3.05) is 26.2 Å². The van der Waals surface area contributed by atoms with Gasteiger partial charge < -0.3 is 10.1 Å². The molecule has 4 heteroatoms. The number of likely N-dealkylation sites (tertiary alicyclic amines) is 1. The number of piperidine rings is 1. The molecule has 0 radical (unpaired) electrons. The fraction of sp³-hybridized carbons (Fsp3) is 0.480. The Hall–Kier alpha value is -2.33. The largest absolute Gasteiger partial charge is 0.492 e. The van der Waals surface area contributed by atoms with Crippen LogP contribution in [0.5, 0.6) is 5.75 Å². The third-order valence-corrected chi connectivity index (χ3v) is 5.48. The number of hydrogen-bond acceptors (Lipinski definition) is 3. The van der Waals surface area contributed by atoms with E-state index in [1.165, 1.54) is 37.1 Å². The van der Waals surface area contributed by atoms with Gasteiger partial charge in [0.2, 0.25) is 0 Å². The summed E-state index contributed by atoms with van der Waals surface area (Å²) in [5, 5.41) is 2.93. The van der Waals surface area contributed by atoms with Crippen LogP contribution in [0.25, 0.3) is 0 Å². The van der Waals surface area contributed by atoms with Crippen LogP contribution in [0, 0.1) is 5.92 Å². The maximum absolute atomic E-state index is 12.3. The van der Waals surface area contributed by atoms with E-state index in [2.05, 4.69) is 48.3 Å². The van der Waals surface area contributed by atoms with Gasteiger partial charge >= 0.3 is 0 Å². The van der Waals surface area contributed by atoms with Crippen LogP contribution in [-0.2, 0) is 13.0 Å². The Balaban J connectivity index is 1.39. The van der Waals surface area contributed by atoms with Crippen LogP contribution in [0.1, 0.15) is 54.6 Å². The van der Waals surface area contributed by atoms with Gasteiger partial charge in [0.05, 0.1) is 6.54 Å². The molecule has 1 atom stereocenters. The number of rotatable bonds is 9. The quantitative estimate of drug-likeness (QED) is 0.628. The van der Waals surface area contributed by atoms with Gasteiger partial charge in [0.25, 0.3) is 5.91 Å². The second-order valence-corrected chi connectivity index (χ2v) is 8.18. The first-order valence-corrected chi connectivity index (χ1v) is 10.9. The Bertz CT molecular complexity index is 755. The summed E-state index contributed by atoms with van der Waals surface area (Å²) in [5.74, 6) is 1.57. The van der Waals surface area contributed by atoms with Crippen LogP contribution < -0.4 is 10.1 Å². The van der Waals surface area contributed by atoms with Crippen LogP contribution in [0.2, 0.25) is 0 Å². The van der Waals surface area contributed by atoms with Gasteiger partial charge in [0.15, 0.2) is 0 Å². The molecule has 2 aromatic carbocycles. The topological polar surface area (TPSA) is 41.6 Å². The van der Waals surface area contributed by atoms with E-state index in [0.29, 0.717) is 18.7 Å². The summed E-state index contributed by atoms with van der Waals surface area (Å²) < 4.78 is 5.72. The van der Waals surface area contributed by atoms with Crippen LogP contribution >= 0.6 is 0 Å². The molecule has 4 nitrogen and oxygen atoms in total. The molecular weight excluding hydrogens is 360 g/mol. The highest BCUT2D eigenvalue weighted by atomic mass is 16.5.